The second-order valence-electron chi connectivity index (χ2n) is 5.31. The minimum atomic E-state index is -0.513. The number of benzene rings is 1. The van der Waals surface area contributed by atoms with E-state index in [0.717, 1.165) is 23.8 Å². The molecule has 0 radical (unpaired) electrons. The second kappa shape index (κ2) is 7.78. The van der Waals surface area contributed by atoms with Crippen LogP contribution in [0.15, 0.2) is 23.0 Å². The van der Waals surface area contributed by atoms with Gasteiger partial charge in [0.05, 0.1) is 5.52 Å². The highest BCUT2D eigenvalue weighted by Gasteiger charge is 2.15. The first-order valence-corrected chi connectivity index (χ1v) is 7.73. The van der Waals surface area contributed by atoms with Gasteiger partial charge in [-0.2, -0.15) is 0 Å². The molecule has 0 bridgehead atoms. The van der Waals surface area contributed by atoms with E-state index in [9.17, 15) is 9.59 Å². The molecule has 124 valence electrons. The van der Waals surface area contributed by atoms with E-state index in [1.54, 1.807) is 12.1 Å². The summed E-state index contributed by atoms with van der Waals surface area (Å²) in [6.45, 7) is 4.60. The lowest BCUT2D eigenvalue weighted by atomic mass is 10.0. The fourth-order valence-corrected chi connectivity index (χ4v) is 2.52. The molecule has 0 unspecified atom stereocenters. The number of ether oxygens (including phenoxy) is 2. The van der Waals surface area contributed by atoms with Crippen molar-refractivity contribution in [3.63, 3.8) is 0 Å². The molecular formula is C17H22N2O4. The number of nitrogens with one attached hydrogen (secondary N) is 1. The summed E-state index contributed by atoms with van der Waals surface area (Å²) in [6, 6.07) is 5.31. The Labute approximate surface area is 134 Å². The number of nitrogens with two attached hydrogens (primary N) is 1. The van der Waals surface area contributed by atoms with Gasteiger partial charge in [-0.05, 0) is 38.3 Å². The van der Waals surface area contributed by atoms with Crippen molar-refractivity contribution in [1.82, 2.24) is 4.98 Å². The molecular weight excluding hydrogens is 296 g/mol. The van der Waals surface area contributed by atoms with Crippen LogP contribution in [0.1, 0.15) is 32.3 Å². The molecule has 2 aromatic rings. The van der Waals surface area contributed by atoms with Crippen LogP contribution in [0.5, 0.6) is 5.75 Å². The number of anilines is 1. The first kappa shape index (κ1) is 17.0. The van der Waals surface area contributed by atoms with Gasteiger partial charge in [-0.25, -0.2) is 0 Å². The highest BCUT2D eigenvalue weighted by molar-refractivity contribution is 5.87. The zero-order valence-corrected chi connectivity index (χ0v) is 13.5. The molecule has 0 saturated carbocycles. The molecule has 1 aromatic heterocycles. The fourth-order valence-electron chi connectivity index (χ4n) is 2.52. The molecule has 0 atom stereocenters. The Kier molecular flexibility index (Phi) is 5.76. The van der Waals surface area contributed by atoms with Crippen LogP contribution in [-0.2, 0) is 16.0 Å². The predicted molar refractivity (Wildman–Crippen MR) is 89.7 cm³/mol. The number of carbonyl (C=O) groups excluding carboxylic acids is 1. The van der Waals surface area contributed by atoms with Crippen molar-refractivity contribution in [1.29, 1.82) is 0 Å². The number of unbranched alkanes of at least 4 members (excludes halogenated alkanes) is 1. The molecule has 0 fully saturated rings. The Balaban J connectivity index is 2.39. The maximum absolute atomic E-state index is 12.2. The average Bonchev–Trinajstić information content (AvgIpc) is 2.49. The maximum Gasteiger partial charge on any atom is 0.308 e. The van der Waals surface area contributed by atoms with Gasteiger partial charge in [0.1, 0.15) is 0 Å². The van der Waals surface area contributed by atoms with E-state index >= 15 is 0 Å². The Morgan fingerprint density at radius 2 is 2.09 bits per heavy atom. The number of fused-ring (bicyclic) bond motifs is 1. The Bertz CT molecular complexity index is 752. The number of hydrogen-bond donors (Lipinski definition) is 2. The summed E-state index contributed by atoms with van der Waals surface area (Å²) in [5.74, 6) is -0.438. The normalized spacial score (nSPS) is 10.9. The van der Waals surface area contributed by atoms with Gasteiger partial charge in [-0.15, -0.1) is 0 Å². The van der Waals surface area contributed by atoms with Crippen LogP contribution >= 0.6 is 0 Å². The highest BCUT2D eigenvalue weighted by atomic mass is 16.5. The third kappa shape index (κ3) is 4.32. The number of aromatic amines is 1. The zero-order chi connectivity index (χ0) is 16.8. The highest BCUT2D eigenvalue weighted by Crippen LogP contribution is 2.26. The Morgan fingerprint density at radius 3 is 2.78 bits per heavy atom. The van der Waals surface area contributed by atoms with E-state index in [1.165, 1.54) is 6.92 Å². The van der Waals surface area contributed by atoms with Crippen LogP contribution in [-0.4, -0.2) is 24.2 Å². The molecule has 0 spiro atoms. The molecule has 0 saturated heterocycles. The molecule has 2 rings (SSSR count). The molecule has 6 nitrogen and oxygen atoms in total. The first-order valence-electron chi connectivity index (χ1n) is 7.73. The van der Waals surface area contributed by atoms with Gasteiger partial charge in [-0.3, -0.25) is 9.59 Å². The summed E-state index contributed by atoms with van der Waals surface area (Å²) in [5.41, 5.74) is 7.30. The summed E-state index contributed by atoms with van der Waals surface area (Å²) in [4.78, 5) is 26.3. The van der Waals surface area contributed by atoms with Crippen molar-refractivity contribution in [3.05, 3.63) is 34.1 Å². The third-order valence-corrected chi connectivity index (χ3v) is 3.51. The number of esters is 1. The van der Waals surface area contributed by atoms with Crippen molar-refractivity contribution in [2.45, 2.75) is 33.1 Å². The SMILES string of the molecule is CCOCCCCc1c(OC(C)=O)c(=O)[nH]c2cc(N)ccc12. The summed E-state index contributed by atoms with van der Waals surface area (Å²) in [7, 11) is 0. The van der Waals surface area contributed by atoms with E-state index in [0.29, 0.717) is 30.8 Å². The monoisotopic (exact) mass is 318 g/mol. The minimum Gasteiger partial charge on any atom is -0.420 e. The van der Waals surface area contributed by atoms with Crippen molar-refractivity contribution in [3.8, 4) is 5.75 Å². The van der Waals surface area contributed by atoms with Crippen LogP contribution in [0.2, 0.25) is 0 Å². The van der Waals surface area contributed by atoms with Gasteiger partial charge in [0.2, 0.25) is 0 Å². The van der Waals surface area contributed by atoms with Crippen molar-refractivity contribution < 1.29 is 14.3 Å². The van der Waals surface area contributed by atoms with E-state index in [1.807, 2.05) is 13.0 Å². The lowest BCUT2D eigenvalue weighted by molar-refractivity contribution is -0.132. The van der Waals surface area contributed by atoms with Gasteiger partial charge in [0.25, 0.3) is 5.56 Å². The maximum atomic E-state index is 12.2. The summed E-state index contributed by atoms with van der Waals surface area (Å²) in [6.07, 6.45) is 2.33. The van der Waals surface area contributed by atoms with Gasteiger partial charge in [0.15, 0.2) is 5.75 Å². The van der Waals surface area contributed by atoms with Crippen LogP contribution in [0, 0.1) is 0 Å². The number of H-pyrrole nitrogens is 1. The third-order valence-electron chi connectivity index (χ3n) is 3.51. The summed E-state index contributed by atoms with van der Waals surface area (Å²) >= 11 is 0. The molecule has 1 heterocycles. The number of pyridine rings is 1. The standard InChI is InChI=1S/C17H22N2O4/c1-3-22-9-5-4-6-14-13-8-7-12(18)10-15(13)19-17(21)16(14)23-11(2)20/h7-8,10H,3-6,9,18H2,1-2H3,(H,19,21). The van der Waals surface area contributed by atoms with Crippen molar-refractivity contribution in [2.24, 2.45) is 0 Å². The molecule has 1 aromatic carbocycles. The van der Waals surface area contributed by atoms with Crippen LogP contribution in [0.25, 0.3) is 10.9 Å². The number of aryl methyl sites for hydroxylation is 1. The Hall–Kier alpha value is -2.34. The van der Waals surface area contributed by atoms with Crippen molar-refractivity contribution >= 4 is 22.6 Å². The number of rotatable bonds is 7. The fraction of sp³-hybridized carbons (Fsp3) is 0.412. The largest absolute Gasteiger partial charge is 0.420 e. The zero-order valence-electron chi connectivity index (χ0n) is 13.5. The van der Waals surface area contributed by atoms with Gasteiger partial charge in [-0.1, -0.05) is 6.07 Å². The molecule has 0 aliphatic carbocycles. The molecule has 6 heteroatoms. The second-order valence-corrected chi connectivity index (χ2v) is 5.31. The molecule has 0 aliphatic heterocycles. The van der Waals surface area contributed by atoms with Gasteiger partial charge < -0.3 is 20.2 Å². The summed E-state index contributed by atoms with van der Waals surface area (Å²) < 4.78 is 10.5. The van der Waals surface area contributed by atoms with E-state index in [2.05, 4.69) is 4.98 Å². The lowest BCUT2D eigenvalue weighted by Crippen LogP contribution is -2.17. The van der Waals surface area contributed by atoms with Crippen LogP contribution < -0.4 is 16.0 Å². The van der Waals surface area contributed by atoms with E-state index in [-0.39, 0.29) is 5.75 Å². The number of hydrogen-bond acceptors (Lipinski definition) is 5. The number of aromatic nitrogens is 1. The quantitative estimate of drug-likeness (QED) is 0.464. The topological polar surface area (TPSA) is 94.4 Å². The van der Waals surface area contributed by atoms with Crippen molar-refractivity contribution in [2.75, 3.05) is 18.9 Å². The summed E-state index contributed by atoms with van der Waals surface area (Å²) in [5, 5.41) is 0.839. The average molecular weight is 318 g/mol. The molecule has 0 aliphatic rings. The van der Waals surface area contributed by atoms with Gasteiger partial charge >= 0.3 is 5.97 Å². The minimum absolute atomic E-state index is 0.0752. The van der Waals surface area contributed by atoms with Crippen LogP contribution in [0.4, 0.5) is 5.69 Å². The number of carbonyl (C=O) groups is 1. The van der Waals surface area contributed by atoms with E-state index < -0.39 is 11.5 Å². The Morgan fingerprint density at radius 1 is 1.30 bits per heavy atom. The first-order chi connectivity index (χ1) is 11.0. The van der Waals surface area contributed by atoms with Gasteiger partial charge in [0, 0.05) is 36.8 Å². The molecule has 3 N–H and O–H groups in total. The molecule has 0 amide bonds. The van der Waals surface area contributed by atoms with Crippen LogP contribution in [0.3, 0.4) is 0 Å². The predicted octanol–water partition coefficient (Wildman–Crippen LogP) is 2.39. The number of nitrogen functional groups attached to an aromatic ring is 1. The van der Waals surface area contributed by atoms with E-state index in [4.69, 9.17) is 15.2 Å². The lowest BCUT2D eigenvalue weighted by Gasteiger charge is -2.12. The molecule has 23 heavy (non-hydrogen) atoms. The smallest absolute Gasteiger partial charge is 0.308 e.